The fourth-order valence-corrected chi connectivity index (χ4v) is 0.793. The predicted octanol–water partition coefficient (Wildman–Crippen LogP) is 2.19. The standard InChI is InChI=1S/C7H2F5NO/c8-3-2(1-13-14)4(9)6(11)7(12)5(3)10/h1,14H/b13-1-. The van der Waals surface area contributed by atoms with Crippen molar-refractivity contribution in [2.45, 2.75) is 0 Å². The molecule has 0 atom stereocenters. The van der Waals surface area contributed by atoms with Crippen molar-refractivity contribution in [1.29, 1.82) is 0 Å². The number of hydrogen-bond donors (Lipinski definition) is 1. The van der Waals surface area contributed by atoms with Crippen LogP contribution < -0.4 is 0 Å². The molecular weight excluding hydrogens is 209 g/mol. The van der Waals surface area contributed by atoms with Crippen molar-refractivity contribution in [2.75, 3.05) is 0 Å². The number of nitrogens with zero attached hydrogens (tertiary/aromatic N) is 1. The number of rotatable bonds is 1. The van der Waals surface area contributed by atoms with E-state index < -0.39 is 34.6 Å². The number of halogens is 5. The highest BCUT2D eigenvalue weighted by Gasteiger charge is 2.24. The molecule has 0 amide bonds. The van der Waals surface area contributed by atoms with Crippen LogP contribution in [0, 0.1) is 29.1 Å². The summed E-state index contributed by atoms with van der Waals surface area (Å²) in [5, 5.41) is 10.1. The van der Waals surface area contributed by atoms with E-state index in [0.717, 1.165) is 0 Å². The lowest BCUT2D eigenvalue weighted by Gasteiger charge is -2.02. The SMILES string of the molecule is O/N=C\c1c(F)c(F)c(F)c(F)c1F. The van der Waals surface area contributed by atoms with Gasteiger partial charge in [-0.25, -0.2) is 22.0 Å². The fraction of sp³-hybridized carbons (Fsp3) is 0. The largest absolute Gasteiger partial charge is 0.411 e. The van der Waals surface area contributed by atoms with E-state index in [1.54, 1.807) is 0 Å². The summed E-state index contributed by atoms with van der Waals surface area (Å²) in [7, 11) is 0. The normalized spacial score (nSPS) is 11.2. The Morgan fingerprint density at radius 1 is 0.786 bits per heavy atom. The molecule has 0 aliphatic rings. The lowest BCUT2D eigenvalue weighted by molar-refractivity contribution is 0.320. The second-order valence-corrected chi connectivity index (χ2v) is 2.23. The van der Waals surface area contributed by atoms with Gasteiger partial charge >= 0.3 is 0 Å². The highest BCUT2D eigenvalue weighted by molar-refractivity contribution is 5.79. The van der Waals surface area contributed by atoms with Gasteiger partial charge < -0.3 is 5.21 Å². The van der Waals surface area contributed by atoms with Gasteiger partial charge in [-0.1, -0.05) is 5.16 Å². The second-order valence-electron chi connectivity index (χ2n) is 2.23. The van der Waals surface area contributed by atoms with Gasteiger partial charge in [0, 0.05) is 0 Å². The quantitative estimate of drug-likeness (QED) is 0.189. The smallest absolute Gasteiger partial charge is 0.200 e. The van der Waals surface area contributed by atoms with Gasteiger partial charge in [-0.2, -0.15) is 0 Å². The molecule has 0 bridgehead atoms. The molecule has 0 fully saturated rings. The van der Waals surface area contributed by atoms with Crippen LogP contribution >= 0.6 is 0 Å². The van der Waals surface area contributed by atoms with E-state index in [9.17, 15) is 22.0 Å². The van der Waals surface area contributed by atoms with E-state index in [1.165, 1.54) is 0 Å². The summed E-state index contributed by atoms with van der Waals surface area (Å²) in [6, 6.07) is 0. The maximum absolute atomic E-state index is 12.7. The lowest BCUT2D eigenvalue weighted by Crippen LogP contribution is -2.06. The molecule has 0 heterocycles. The summed E-state index contributed by atoms with van der Waals surface area (Å²) in [5.74, 6) is -10.5. The Morgan fingerprint density at radius 2 is 1.14 bits per heavy atom. The monoisotopic (exact) mass is 211 g/mol. The lowest BCUT2D eigenvalue weighted by atomic mass is 10.2. The number of benzene rings is 1. The topological polar surface area (TPSA) is 32.6 Å². The van der Waals surface area contributed by atoms with Crippen molar-refractivity contribution in [3.8, 4) is 0 Å². The van der Waals surface area contributed by atoms with Crippen LogP contribution in [0.4, 0.5) is 22.0 Å². The third kappa shape index (κ3) is 1.40. The highest BCUT2D eigenvalue weighted by Crippen LogP contribution is 2.21. The van der Waals surface area contributed by atoms with Gasteiger partial charge in [0.1, 0.15) is 0 Å². The Kier molecular flexibility index (Phi) is 2.68. The van der Waals surface area contributed by atoms with E-state index in [4.69, 9.17) is 5.21 Å². The van der Waals surface area contributed by atoms with Gasteiger partial charge in [0.2, 0.25) is 5.82 Å². The Balaban J connectivity index is 3.59. The first-order valence-corrected chi connectivity index (χ1v) is 3.19. The van der Waals surface area contributed by atoms with Crippen molar-refractivity contribution in [3.63, 3.8) is 0 Å². The molecule has 0 saturated heterocycles. The molecule has 0 saturated carbocycles. The predicted molar refractivity (Wildman–Crippen MR) is 35.6 cm³/mol. The molecule has 0 aliphatic heterocycles. The number of hydrogen-bond acceptors (Lipinski definition) is 2. The molecule has 0 aromatic heterocycles. The zero-order valence-electron chi connectivity index (χ0n) is 6.36. The van der Waals surface area contributed by atoms with Crippen LogP contribution in [-0.2, 0) is 0 Å². The summed E-state index contributed by atoms with van der Waals surface area (Å²) in [6.07, 6.45) is 0.121. The fourth-order valence-electron chi connectivity index (χ4n) is 0.793. The van der Waals surface area contributed by atoms with Crippen LogP contribution in [0.1, 0.15) is 5.56 Å². The van der Waals surface area contributed by atoms with E-state index in [2.05, 4.69) is 5.16 Å². The maximum atomic E-state index is 12.7. The molecule has 1 aromatic rings. The maximum Gasteiger partial charge on any atom is 0.200 e. The minimum Gasteiger partial charge on any atom is -0.411 e. The van der Waals surface area contributed by atoms with Crippen LogP contribution in [0.2, 0.25) is 0 Å². The summed E-state index contributed by atoms with van der Waals surface area (Å²) in [5.41, 5.74) is -1.29. The molecule has 0 aliphatic carbocycles. The molecule has 0 radical (unpaired) electrons. The van der Waals surface area contributed by atoms with Gasteiger partial charge in [0.25, 0.3) is 0 Å². The second kappa shape index (κ2) is 3.60. The van der Waals surface area contributed by atoms with Crippen molar-refractivity contribution in [3.05, 3.63) is 34.6 Å². The molecule has 2 nitrogen and oxygen atoms in total. The molecule has 7 heteroatoms. The summed E-state index contributed by atoms with van der Waals surface area (Å²) < 4.78 is 62.6. The molecular formula is C7H2F5NO. The Bertz CT molecular complexity index is 375. The first-order valence-electron chi connectivity index (χ1n) is 3.19. The van der Waals surface area contributed by atoms with E-state index in [1.807, 2.05) is 0 Å². The molecule has 1 rings (SSSR count). The van der Waals surface area contributed by atoms with Gasteiger partial charge in [0.05, 0.1) is 11.8 Å². The Hall–Kier alpha value is -1.66. The zero-order valence-corrected chi connectivity index (χ0v) is 6.36. The summed E-state index contributed by atoms with van der Waals surface area (Å²) in [4.78, 5) is 0. The first-order chi connectivity index (χ1) is 6.50. The van der Waals surface area contributed by atoms with Crippen molar-refractivity contribution >= 4 is 6.21 Å². The minimum atomic E-state index is -2.25. The highest BCUT2D eigenvalue weighted by atomic mass is 19.2. The Morgan fingerprint density at radius 3 is 1.50 bits per heavy atom. The average Bonchev–Trinajstić information content (AvgIpc) is 2.19. The first kappa shape index (κ1) is 10.4. The molecule has 14 heavy (non-hydrogen) atoms. The van der Waals surface area contributed by atoms with Crippen LogP contribution in [0.25, 0.3) is 0 Å². The molecule has 1 aromatic carbocycles. The van der Waals surface area contributed by atoms with Gasteiger partial charge in [-0.05, 0) is 0 Å². The van der Waals surface area contributed by atoms with Crippen molar-refractivity contribution in [2.24, 2.45) is 5.16 Å². The van der Waals surface area contributed by atoms with E-state index in [0.29, 0.717) is 0 Å². The zero-order chi connectivity index (χ0) is 10.9. The third-order valence-corrected chi connectivity index (χ3v) is 1.43. The minimum absolute atomic E-state index is 0.121. The third-order valence-electron chi connectivity index (χ3n) is 1.43. The van der Waals surface area contributed by atoms with Gasteiger partial charge in [0.15, 0.2) is 23.3 Å². The van der Waals surface area contributed by atoms with E-state index in [-0.39, 0.29) is 6.21 Å². The summed E-state index contributed by atoms with van der Waals surface area (Å²) in [6.45, 7) is 0. The molecule has 0 unspecified atom stereocenters. The van der Waals surface area contributed by atoms with Gasteiger partial charge in [-0.15, -0.1) is 0 Å². The van der Waals surface area contributed by atoms with Crippen molar-refractivity contribution in [1.82, 2.24) is 0 Å². The van der Waals surface area contributed by atoms with Crippen LogP contribution in [0.15, 0.2) is 5.16 Å². The van der Waals surface area contributed by atoms with Crippen molar-refractivity contribution < 1.29 is 27.2 Å². The van der Waals surface area contributed by atoms with Crippen LogP contribution in [-0.4, -0.2) is 11.4 Å². The average molecular weight is 211 g/mol. The molecule has 1 N–H and O–H groups in total. The summed E-state index contributed by atoms with van der Waals surface area (Å²) >= 11 is 0. The van der Waals surface area contributed by atoms with Gasteiger partial charge in [-0.3, -0.25) is 0 Å². The van der Waals surface area contributed by atoms with Crippen LogP contribution in [0.5, 0.6) is 0 Å². The molecule has 0 spiro atoms. The molecule has 76 valence electrons. The van der Waals surface area contributed by atoms with Crippen LogP contribution in [0.3, 0.4) is 0 Å². The van der Waals surface area contributed by atoms with E-state index >= 15 is 0 Å². The Labute approximate surface area is 74.3 Å². The number of oxime groups is 1.